The number of allylic oxidation sites excluding steroid dienone is 2. The van der Waals surface area contributed by atoms with Gasteiger partial charge in [-0.2, -0.15) is 0 Å². The van der Waals surface area contributed by atoms with Crippen molar-refractivity contribution in [2.75, 3.05) is 0 Å². The van der Waals surface area contributed by atoms with Crippen molar-refractivity contribution < 1.29 is 10.2 Å². The van der Waals surface area contributed by atoms with Gasteiger partial charge in [0.15, 0.2) is 5.60 Å². The van der Waals surface area contributed by atoms with Crippen LogP contribution >= 0.6 is 27.5 Å². The zero-order chi connectivity index (χ0) is 7.94. The first-order chi connectivity index (χ1) is 4.46. The van der Waals surface area contributed by atoms with Crippen molar-refractivity contribution in [3.05, 3.63) is 21.3 Å². The van der Waals surface area contributed by atoms with Gasteiger partial charge in [0.05, 0.1) is 9.51 Å². The van der Waals surface area contributed by atoms with Crippen LogP contribution < -0.4 is 0 Å². The summed E-state index contributed by atoms with van der Waals surface area (Å²) in [6.07, 6.45) is 1.47. The van der Waals surface area contributed by atoms with Crippen LogP contribution in [0.3, 0.4) is 0 Å². The molecule has 2 N–H and O–H groups in total. The number of hydrogen-bond acceptors (Lipinski definition) is 2. The molecule has 0 heterocycles. The number of aliphatic hydroxyl groups is 2. The second-order valence-electron chi connectivity index (χ2n) is 2.26. The van der Waals surface area contributed by atoms with Gasteiger partial charge in [0.2, 0.25) is 0 Å². The van der Waals surface area contributed by atoms with Crippen molar-refractivity contribution in [3.63, 3.8) is 0 Å². The smallest absolute Gasteiger partial charge is 0.155 e. The molecule has 0 aromatic heterocycles. The van der Waals surface area contributed by atoms with Gasteiger partial charge >= 0.3 is 0 Å². The highest BCUT2D eigenvalue weighted by molar-refractivity contribution is 9.11. The Hall–Kier alpha value is 0.01000. The lowest BCUT2D eigenvalue weighted by molar-refractivity contribution is 0.0979. The molecule has 0 saturated heterocycles. The van der Waals surface area contributed by atoms with Gasteiger partial charge in [-0.15, -0.1) is 0 Å². The van der Waals surface area contributed by atoms with Gasteiger partial charge in [-0.05, 0) is 28.9 Å². The molecule has 0 spiro atoms. The van der Waals surface area contributed by atoms with Crippen LogP contribution in [0, 0.1) is 0 Å². The summed E-state index contributed by atoms with van der Waals surface area (Å²) in [6.45, 7) is 1.43. The molecule has 10 heavy (non-hydrogen) atoms. The van der Waals surface area contributed by atoms with Crippen LogP contribution in [0.5, 0.6) is 0 Å². The normalized spacial score (nSPS) is 33.0. The Morgan fingerprint density at radius 1 is 1.70 bits per heavy atom. The second kappa shape index (κ2) is 2.26. The van der Waals surface area contributed by atoms with Crippen molar-refractivity contribution >= 4 is 27.5 Å². The topological polar surface area (TPSA) is 40.5 Å². The van der Waals surface area contributed by atoms with Gasteiger partial charge in [0.1, 0.15) is 5.76 Å². The lowest BCUT2D eigenvalue weighted by Gasteiger charge is -2.16. The van der Waals surface area contributed by atoms with E-state index < -0.39 is 5.60 Å². The second-order valence-corrected chi connectivity index (χ2v) is 3.52. The number of hydrogen-bond donors (Lipinski definition) is 2. The highest BCUT2D eigenvalue weighted by atomic mass is 79.9. The van der Waals surface area contributed by atoms with E-state index in [1.54, 1.807) is 0 Å². The fraction of sp³-hybridized carbons (Fsp3) is 0.333. The monoisotopic (exact) mass is 224 g/mol. The van der Waals surface area contributed by atoms with E-state index in [0.717, 1.165) is 0 Å². The molecule has 0 aromatic rings. The Labute approximate surface area is 71.9 Å². The van der Waals surface area contributed by atoms with E-state index in [1.807, 2.05) is 0 Å². The van der Waals surface area contributed by atoms with Crippen LogP contribution in [-0.4, -0.2) is 15.8 Å². The van der Waals surface area contributed by atoms with Crippen molar-refractivity contribution in [2.24, 2.45) is 0 Å². The summed E-state index contributed by atoms with van der Waals surface area (Å²) in [5, 5.41) is 18.7. The zero-order valence-corrected chi connectivity index (χ0v) is 7.57. The van der Waals surface area contributed by atoms with Gasteiger partial charge < -0.3 is 10.2 Å². The molecule has 1 aliphatic carbocycles. The summed E-state index contributed by atoms with van der Waals surface area (Å²) in [5.41, 5.74) is -1.40. The van der Waals surface area contributed by atoms with Crippen molar-refractivity contribution in [2.45, 2.75) is 12.5 Å². The first-order valence-corrected chi connectivity index (χ1v) is 3.82. The Bertz CT molecular complexity index is 230. The molecule has 1 rings (SSSR count). The summed E-state index contributed by atoms with van der Waals surface area (Å²) >= 11 is 8.60. The van der Waals surface area contributed by atoms with Gasteiger partial charge in [0, 0.05) is 0 Å². The van der Waals surface area contributed by atoms with E-state index in [9.17, 15) is 5.11 Å². The molecule has 0 aromatic carbocycles. The highest BCUT2D eigenvalue weighted by Crippen LogP contribution is 2.38. The molecular weight excluding hydrogens is 219 g/mol. The molecule has 0 radical (unpaired) electrons. The Morgan fingerprint density at radius 2 is 2.20 bits per heavy atom. The quantitative estimate of drug-likeness (QED) is 0.662. The van der Waals surface area contributed by atoms with E-state index in [2.05, 4.69) is 15.9 Å². The van der Waals surface area contributed by atoms with Crippen LogP contribution in [-0.2, 0) is 0 Å². The fourth-order valence-corrected chi connectivity index (χ4v) is 1.61. The summed E-state index contributed by atoms with van der Waals surface area (Å²) in [6, 6.07) is 0. The molecule has 0 aliphatic heterocycles. The van der Waals surface area contributed by atoms with E-state index in [0.29, 0.717) is 4.48 Å². The third-order valence-corrected chi connectivity index (χ3v) is 2.49. The predicted molar refractivity (Wildman–Crippen MR) is 43.1 cm³/mol. The van der Waals surface area contributed by atoms with Crippen molar-refractivity contribution in [3.8, 4) is 0 Å². The minimum absolute atomic E-state index is 0.141. The summed E-state index contributed by atoms with van der Waals surface area (Å²) in [7, 11) is 0. The fourth-order valence-electron chi connectivity index (χ4n) is 0.666. The van der Waals surface area contributed by atoms with Gasteiger partial charge in [0.25, 0.3) is 0 Å². The molecule has 1 aliphatic rings. The Kier molecular flexibility index (Phi) is 1.83. The molecule has 4 heteroatoms. The molecule has 0 fully saturated rings. The maximum atomic E-state index is 9.36. The largest absolute Gasteiger partial charge is 0.508 e. The maximum absolute atomic E-state index is 9.36. The van der Waals surface area contributed by atoms with E-state index in [4.69, 9.17) is 16.7 Å². The number of halogens is 2. The van der Waals surface area contributed by atoms with Crippen LogP contribution in [0.25, 0.3) is 0 Å². The van der Waals surface area contributed by atoms with Crippen LogP contribution in [0.2, 0.25) is 0 Å². The molecule has 0 saturated carbocycles. The summed E-state index contributed by atoms with van der Waals surface area (Å²) in [5.74, 6) is -0.141. The lowest BCUT2D eigenvalue weighted by atomic mass is 10.1. The molecular formula is C6H6BrClO2. The van der Waals surface area contributed by atoms with Crippen LogP contribution in [0.15, 0.2) is 21.3 Å². The van der Waals surface area contributed by atoms with Crippen molar-refractivity contribution in [1.29, 1.82) is 0 Å². The predicted octanol–water partition coefficient (Wildman–Crippen LogP) is 2.04. The number of aliphatic hydroxyl groups excluding tert-OH is 1. The Balaban J connectivity index is 3.11. The van der Waals surface area contributed by atoms with Crippen LogP contribution in [0.4, 0.5) is 0 Å². The third-order valence-electron chi connectivity index (χ3n) is 1.41. The molecule has 2 nitrogen and oxygen atoms in total. The minimum atomic E-state index is -1.40. The number of rotatable bonds is 0. The van der Waals surface area contributed by atoms with Crippen molar-refractivity contribution in [1.82, 2.24) is 0 Å². The van der Waals surface area contributed by atoms with Gasteiger partial charge in [-0.3, -0.25) is 0 Å². The summed E-state index contributed by atoms with van der Waals surface area (Å²) < 4.78 is 0.433. The average Bonchev–Trinajstić information content (AvgIpc) is 1.97. The van der Waals surface area contributed by atoms with Crippen LogP contribution in [0.1, 0.15) is 6.92 Å². The Morgan fingerprint density at radius 3 is 2.30 bits per heavy atom. The standard InChI is InChI=1S/C6H6BrClO2/c1-6(10)4(8)2-3(7)5(6)9/h2,9-10H,1H3. The molecule has 1 unspecified atom stereocenters. The summed E-state index contributed by atoms with van der Waals surface area (Å²) in [4.78, 5) is 0. The molecule has 1 atom stereocenters. The maximum Gasteiger partial charge on any atom is 0.155 e. The lowest BCUT2D eigenvalue weighted by Crippen LogP contribution is -2.24. The minimum Gasteiger partial charge on any atom is -0.508 e. The van der Waals surface area contributed by atoms with Gasteiger partial charge in [-0.25, -0.2) is 0 Å². The van der Waals surface area contributed by atoms with E-state index in [-0.39, 0.29) is 10.8 Å². The first-order valence-electron chi connectivity index (χ1n) is 2.65. The average molecular weight is 225 g/mol. The SMILES string of the molecule is CC1(O)C(Cl)=CC(Br)=C1O. The third kappa shape index (κ3) is 0.983. The molecule has 56 valence electrons. The zero-order valence-electron chi connectivity index (χ0n) is 5.23. The van der Waals surface area contributed by atoms with Gasteiger partial charge in [-0.1, -0.05) is 11.6 Å². The first kappa shape index (κ1) is 8.11. The molecule has 0 amide bonds. The van der Waals surface area contributed by atoms with E-state index >= 15 is 0 Å². The highest BCUT2D eigenvalue weighted by Gasteiger charge is 2.36. The molecule has 0 bridgehead atoms. The van der Waals surface area contributed by atoms with E-state index in [1.165, 1.54) is 13.0 Å².